The first kappa shape index (κ1) is 11.8. The fraction of sp³-hybridized carbons (Fsp3) is 0.231. The number of benzene rings is 1. The molecule has 0 aliphatic carbocycles. The number of aliphatic hydroxyl groups is 1. The molecule has 0 unspecified atom stereocenters. The van der Waals surface area contributed by atoms with E-state index in [-0.39, 0.29) is 6.61 Å². The number of aliphatic hydroxyl groups excluding tert-OH is 1. The lowest BCUT2D eigenvalue weighted by Gasteiger charge is -2.11. The first-order valence-electron chi connectivity index (χ1n) is 5.23. The quantitative estimate of drug-likeness (QED) is 0.898. The second-order valence-electron chi connectivity index (χ2n) is 3.56. The number of hydrogen-bond donors (Lipinski definition) is 1. The molecular weight excluding hydrogens is 284 g/mol. The lowest BCUT2D eigenvalue weighted by Crippen LogP contribution is -1.93. The highest BCUT2D eigenvalue weighted by Gasteiger charge is 2.12. The summed E-state index contributed by atoms with van der Waals surface area (Å²) >= 11 is 5.35. The Morgan fingerprint density at radius 3 is 2.56 bits per heavy atom. The molecule has 0 aliphatic rings. The highest BCUT2D eigenvalue weighted by Crippen LogP contribution is 2.37. The van der Waals surface area contributed by atoms with Crippen molar-refractivity contribution in [1.82, 2.24) is 0 Å². The second-order valence-corrected chi connectivity index (χ2v) is 5.30. The minimum Gasteiger partial charge on any atom is -0.392 e. The van der Waals surface area contributed by atoms with Crippen LogP contribution in [0.5, 0.6) is 0 Å². The van der Waals surface area contributed by atoms with Crippen LogP contribution in [0.15, 0.2) is 34.1 Å². The van der Waals surface area contributed by atoms with E-state index in [9.17, 15) is 5.11 Å². The van der Waals surface area contributed by atoms with E-state index < -0.39 is 0 Å². The third-order valence-corrected chi connectivity index (χ3v) is 4.42. The molecule has 0 amide bonds. The van der Waals surface area contributed by atoms with Crippen molar-refractivity contribution in [2.75, 3.05) is 0 Å². The molecule has 1 aromatic carbocycles. The van der Waals surface area contributed by atoms with Crippen molar-refractivity contribution in [2.24, 2.45) is 0 Å². The van der Waals surface area contributed by atoms with Gasteiger partial charge in [-0.25, -0.2) is 0 Å². The zero-order chi connectivity index (χ0) is 11.5. The van der Waals surface area contributed by atoms with Gasteiger partial charge in [-0.3, -0.25) is 0 Å². The largest absolute Gasteiger partial charge is 0.392 e. The van der Waals surface area contributed by atoms with Gasteiger partial charge in [-0.15, -0.1) is 11.3 Å². The van der Waals surface area contributed by atoms with Gasteiger partial charge >= 0.3 is 0 Å². The summed E-state index contributed by atoms with van der Waals surface area (Å²) < 4.78 is 1.11. The predicted octanol–water partition coefficient (Wildman–Crippen LogP) is 4.23. The molecular formula is C13H13BrOS. The fourth-order valence-electron chi connectivity index (χ4n) is 1.75. The van der Waals surface area contributed by atoms with E-state index >= 15 is 0 Å². The molecule has 1 aromatic heterocycles. The van der Waals surface area contributed by atoms with Crippen molar-refractivity contribution >= 4 is 27.3 Å². The molecule has 1 heterocycles. The van der Waals surface area contributed by atoms with Gasteiger partial charge < -0.3 is 5.11 Å². The second kappa shape index (κ2) is 5.13. The van der Waals surface area contributed by atoms with Crippen LogP contribution in [0, 0.1) is 0 Å². The number of halogens is 1. The molecule has 84 valence electrons. The summed E-state index contributed by atoms with van der Waals surface area (Å²) in [5.41, 5.74) is 3.39. The summed E-state index contributed by atoms with van der Waals surface area (Å²) in [5.74, 6) is 0. The smallest absolute Gasteiger partial charge is 0.0688 e. The van der Waals surface area contributed by atoms with Crippen LogP contribution in [0.3, 0.4) is 0 Å². The molecule has 16 heavy (non-hydrogen) atoms. The van der Waals surface area contributed by atoms with Gasteiger partial charge in [0.2, 0.25) is 0 Å². The first-order chi connectivity index (χ1) is 7.77. The molecule has 0 aliphatic heterocycles. The van der Waals surface area contributed by atoms with E-state index in [0.717, 1.165) is 22.0 Å². The Bertz CT molecular complexity index is 477. The molecule has 0 radical (unpaired) electrons. The van der Waals surface area contributed by atoms with Crippen LogP contribution in [0.4, 0.5) is 0 Å². The van der Waals surface area contributed by atoms with Crippen LogP contribution in [-0.4, -0.2) is 5.11 Å². The highest BCUT2D eigenvalue weighted by atomic mass is 79.9. The number of hydrogen-bond acceptors (Lipinski definition) is 2. The molecule has 2 aromatic rings. The number of aryl methyl sites for hydroxylation is 1. The lowest BCUT2D eigenvalue weighted by molar-refractivity contribution is 0.282. The van der Waals surface area contributed by atoms with E-state index in [1.165, 1.54) is 10.4 Å². The van der Waals surface area contributed by atoms with Crippen LogP contribution < -0.4 is 0 Å². The summed E-state index contributed by atoms with van der Waals surface area (Å²) in [7, 11) is 0. The van der Waals surface area contributed by atoms with Gasteiger partial charge in [0, 0.05) is 14.9 Å². The molecule has 0 atom stereocenters. The summed E-state index contributed by atoms with van der Waals surface area (Å²) in [6.45, 7) is 2.22. The van der Waals surface area contributed by atoms with Gasteiger partial charge in [-0.1, -0.05) is 25.1 Å². The maximum atomic E-state index is 9.39. The minimum absolute atomic E-state index is 0.0792. The summed E-state index contributed by atoms with van der Waals surface area (Å²) in [5, 5.41) is 11.4. The summed E-state index contributed by atoms with van der Waals surface area (Å²) in [4.78, 5) is 1.20. The van der Waals surface area contributed by atoms with Crippen molar-refractivity contribution in [3.8, 4) is 10.4 Å². The number of thiophene rings is 1. The average molecular weight is 297 g/mol. The van der Waals surface area contributed by atoms with Gasteiger partial charge in [0.1, 0.15) is 0 Å². The molecule has 0 bridgehead atoms. The molecule has 0 spiro atoms. The van der Waals surface area contributed by atoms with E-state index in [0.29, 0.717) is 0 Å². The maximum Gasteiger partial charge on any atom is 0.0688 e. The third-order valence-electron chi connectivity index (χ3n) is 2.63. The molecule has 0 saturated carbocycles. The van der Waals surface area contributed by atoms with Crippen molar-refractivity contribution in [2.45, 2.75) is 20.0 Å². The van der Waals surface area contributed by atoms with Gasteiger partial charge in [-0.05, 0) is 44.9 Å². The average Bonchev–Trinajstić information content (AvgIpc) is 2.81. The van der Waals surface area contributed by atoms with Gasteiger partial charge in [0.25, 0.3) is 0 Å². The highest BCUT2D eigenvalue weighted by molar-refractivity contribution is 9.10. The Balaban J connectivity index is 2.65. The Kier molecular flexibility index (Phi) is 3.79. The maximum absolute atomic E-state index is 9.39. The first-order valence-corrected chi connectivity index (χ1v) is 6.90. The molecule has 1 nitrogen and oxygen atoms in total. The third kappa shape index (κ3) is 2.08. The van der Waals surface area contributed by atoms with Crippen LogP contribution >= 0.6 is 27.3 Å². The van der Waals surface area contributed by atoms with E-state index in [1.807, 2.05) is 12.1 Å². The van der Waals surface area contributed by atoms with Gasteiger partial charge in [0.15, 0.2) is 0 Å². The summed E-state index contributed by atoms with van der Waals surface area (Å²) in [6.07, 6.45) is 0.991. The Morgan fingerprint density at radius 2 is 2.00 bits per heavy atom. The Morgan fingerprint density at radius 1 is 1.25 bits per heavy atom. The molecule has 2 rings (SSSR count). The monoisotopic (exact) mass is 296 g/mol. The fourth-order valence-corrected chi connectivity index (χ4v) is 3.58. The van der Waals surface area contributed by atoms with E-state index in [1.54, 1.807) is 11.3 Å². The molecule has 0 fully saturated rings. The number of rotatable bonds is 3. The van der Waals surface area contributed by atoms with Crippen LogP contribution in [0.2, 0.25) is 0 Å². The van der Waals surface area contributed by atoms with Crippen molar-refractivity contribution < 1.29 is 5.11 Å². The van der Waals surface area contributed by atoms with Crippen molar-refractivity contribution in [3.05, 3.63) is 45.2 Å². The minimum atomic E-state index is 0.0792. The predicted molar refractivity (Wildman–Crippen MR) is 72.8 cm³/mol. The molecule has 0 saturated heterocycles. The SMILES string of the molecule is CCc1ccc(CO)c(-c2cccs2)c1Br. The summed E-state index contributed by atoms with van der Waals surface area (Å²) in [6, 6.07) is 8.21. The van der Waals surface area contributed by atoms with Crippen LogP contribution in [0.25, 0.3) is 10.4 Å². The Hall–Kier alpha value is -0.640. The molecule has 1 N–H and O–H groups in total. The Labute approximate surface area is 108 Å². The van der Waals surface area contributed by atoms with E-state index in [2.05, 4.69) is 40.4 Å². The zero-order valence-corrected chi connectivity index (χ0v) is 11.4. The lowest BCUT2D eigenvalue weighted by atomic mass is 10.0. The topological polar surface area (TPSA) is 20.2 Å². The zero-order valence-electron chi connectivity index (χ0n) is 9.03. The van der Waals surface area contributed by atoms with Gasteiger partial charge in [-0.2, -0.15) is 0 Å². The normalized spacial score (nSPS) is 10.7. The van der Waals surface area contributed by atoms with Gasteiger partial charge in [0.05, 0.1) is 6.61 Å². The van der Waals surface area contributed by atoms with Crippen molar-refractivity contribution in [3.63, 3.8) is 0 Å². The van der Waals surface area contributed by atoms with E-state index in [4.69, 9.17) is 0 Å². The van der Waals surface area contributed by atoms with Crippen LogP contribution in [0.1, 0.15) is 18.1 Å². The van der Waals surface area contributed by atoms with Crippen LogP contribution in [-0.2, 0) is 13.0 Å². The molecule has 3 heteroatoms. The standard InChI is InChI=1S/C13H13BrOS/c1-2-9-5-6-10(8-15)12(13(9)14)11-4-3-7-16-11/h3-7,15H,2,8H2,1H3. The van der Waals surface area contributed by atoms with Crippen molar-refractivity contribution in [1.29, 1.82) is 0 Å².